The van der Waals surface area contributed by atoms with Crippen molar-refractivity contribution in [3.8, 4) is 5.75 Å². The smallest absolute Gasteiger partial charge is 0.303 e. The van der Waals surface area contributed by atoms with Crippen LogP contribution in [0.5, 0.6) is 5.75 Å². The van der Waals surface area contributed by atoms with Crippen molar-refractivity contribution >= 4 is 29.7 Å². The topological polar surface area (TPSA) is 170 Å². The van der Waals surface area contributed by atoms with E-state index in [0.717, 1.165) is 33.8 Å². The maximum atomic E-state index is 12.1. The summed E-state index contributed by atoms with van der Waals surface area (Å²) in [6, 6.07) is 6.18. The number of carbonyl (C=O) groups is 5. The molecule has 1 aliphatic rings. The molecule has 13 nitrogen and oxygen atoms in total. The van der Waals surface area contributed by atoms with E-state index in [9.17, 15) is 29.1 Å². The summed E-state index contributed by atoms with van der Waals surface area (Å²) in [6.07, 6.45) is -6.21. The molecule has 1 N–H and O–H groups in total. The molecule has 2 rings (SSSR count). The van der Waals surface area contributed by atoms with Gasteiger partial charge in [-0.1, -0.05) is 18.2 Å². The van der Waals surface area contributed by atoms with Gasteiger partial charge in [-0.15, -0.1) is 0 Å². The van der Waals surface area contributed by atoms with Crippen molar-refractivity contribution in [3.63, 3.8) is 0 Å². The van der Waals surface area contributed by atoms with Crippen LogP contribution in [0.3, 0.4) is 0 Å². The summed E-state index contributed by atoms with van der Waals surface area (Å²) in [4.78, 5) is 59.5. The number of rotatable bonds is 12. The molecule has 1 aromatic carbocycles. The third kappa shape index (κ3) is 9.69. The molecule has 1 fully saturated rings. The van der Waals surface area contributed by atoms with Crippen LogP contribution in [0.15, 0.2) is 36.6 Å². The Morgan fingerprint density at radius 1 is 0.897 bits per heavy atom. The molecule has 1 aliphatic heterocycles. The fourth-order valence-corrected chi connectivity index (χ4v) is 3.78. The van der Waals surface area contributed by atoms with Crippen molar-refractivity contribution in [1.29, 1.82) is 0 Å². The monoisotopic (exact) mass is 552 g/mol. The van der Waals surface area contributed by atoms with Crippen LogP contribution in [0.4, 0.5) is 0 Å². The number of aliphatic hydroxyl groups excluding tert-OH is 1. The average molecular weight is 553 g/mol. The maximum absolute atomic E-state index is 12.1. The number of hydrogen-bond donors (Lipinski definition) is 1. The van der Waals surface area contributed by atoms with E-state index < -0.39 is 73.1 Å². The number of ether oxygens (including phenoxy) is 7. The maximum Gasteiger partial charge on any atom is 0.303 e. The lowest BCUT2D eigenvalue weighted by atomic mass is 9.97. The van der Waals surface area contributed by atoms with Gasteiger partial charge < -0.3 is 38.3 Å². The Labute approximate surface area is 224 Å². The van der Waals surface area contributed by atoms with Gasteiger partial charge in [0.2, 0.25) is 12.4 Å². The van der Waals surface area contributed by atoms with Crippen molar-refractivity contribution < 1.29 is 62.2 Å². The molecule has 6 atom stereocenters. The van der Waals surface area contributed by atoms with Gasteiger partial charge in [0, 0.05) is 45.8 Å². The summed E-state index contributed by atoms with van der Waals surface area (Å²) < 4.78 is 37.8. The van der Waals surface area contributed by atoms with E-state index in [0.29, 0.717) is 0 Å². The van der Waals surface area contributed by atoms with Gasteiger partial charge >= 0.3 is 23.9 Å². The van der Waals surface area contributed by atoms with Gasteiger partial charge in [0.15, 0.2) is 18.0 Å². The molecule has 214 valence electrons. The highest BCUT2D eigenvalue weighted by Gasteiger charge is 2.53. The molecule has 39 heavy (non-hydrogen) atoms. The molecule has 0 aromatic heterocycles. The molecule has 13 heteroatoms. The van der Waals surface area contributed by atoms with Crippen LogP contribution in [0, 0.1) is 0 Å². The predicted molar refractivity (Wildman–Crippen MR) is 130 cm³/mol. The van der Waals surface area contributed by atoms with E-state index in [2.05, 4.69) is 0 Å². The number of ketones is 1. The lowest BCUT2D eigenvalue weighted by molar-refractivity contribution is -0.288. The second-order valence-electron chi connectivity index (χ2n) is 8.45. The molecule has 1 saturated heterocycles. The first-order chi connectivity index (χ1) is 18.4. The first-order valence-corrected chi connectivity index (χ1v) is 11.9. The van der Waals surface area contributed by atoms with Crippen LogP contribution in [-0.2, 0) is 52.4 Å². The molecule has 0 radical (unpaired) electrons. The van der Waals surface area contributed by atoms with Crippen molar-refractivity contribution in [2.45, 2.75) is 70.9 Å². The van der Waals surface area contributed by atoms with Gasteiger partial charge in [-0.3, -0.25) is 24.0 Å². The van der Waals surface area contributed by atoms with Gasteiger partial charge in [-0.2, -0.15) is 0 Å². The molecular formula is C26H32O13. The van der Waals surface area contributed by atoms with Crippen LogP contribution >= 0.6 is 0 Å². The molecule has 0 aliphatic carbocycles. The first kappa shape index (κ1) is 31.2. The molecule has 0 amide bonds. The quantitative estimate of drug-likeness (QED) is 0.170. The SMILES string of the molecule is CO/C=C/C(=O)C[C@H](O)c1ccccc1O[C@@H]1O[C@H](COC(C)=O)[C@@H](OC(C)=O)[C@H](OC(C)=O)[C@H]1OC(C)=O. The molecule has 0 saturated carbocycles. The predicted octanol–water partition coefficient (Wildman–Crippen LogP) is 1.30. The van der Waals surface area contributed by atoms with Gasteiger partial charge in [-0.05, 0) is 6.07 Å². The zero-order valence-electron chi connectivity index (χ0n) is 22.2. The van der Waals surface area contributed by atoms with E-state index in [1.54, 1.807) is 12.1 Å². The van der Waals surface area contributed by atoms with Crippen LogP contribution < -0.4 is 4.74 Å². The van der Waals surface area contributed by atoms with Gasteiger partial charge in [0.1, 0.15) is 18.5 Å². The van der Waals surface area contributed by atoms with Crippen molar-refractivity contribution in [2.75, 3.05) is 13.7 Å². The summed E-state index contributed by atoms with van der Waals surface area (Å²) >= 11 is 0. The van der Waals surface area contributed by atoms with E-state index in [1.807, 2.05) is 0 Å². The van der Waals surface area contributed by atoms with E-state index >= 15 is 0 Å². The highest BCUT2D eigenvalue weighted by atomic mass is 16.7. The third-order valence-corrected chi connectivity index (χ3v) is 5.25. The van der Waals surface area contributed by atoms with Crippen LogP contribution in [0.25, 0.3) is 0 Å². The fourth-order valence-electron chi connectivity index (χ4n) is 3.78. The Hall–Kier alpha value is -3.97. The van der Waals surface area contributed by atoms with Crippen molar-refractivity contribution in [1.82, 2.24) is 0 Å². The second kappa shape index (κ2) is 14.8. The molecule has 1 heterocycles. The third-order valence-electron chi connectivity index (χ3n) is 5.25. The van der Waals surface area contributed by atoms with E-state index in [4.69, 9.17) is 33.2 Å². The summed E-state index contributed by atoms with van der Waals surface area (Å²) in [5, 5.41) is 10.7. The number of benzene rings is 1. The van der Waals surface area contributed by atoms with Gasteiger partial charge in [0.05, 0.1) is 19.5 Å². The Morgan fingerprint density at radius 3 is 2.08 bits per heavy atom. The van der Waals surface area contributed by atoms with Gasteiger partial charge in [-0.25, -0.2) is 0 Å². The number of aliphatic hydroxyl groups is 1. The Morgan fingerprint density at radius 2 is 1.49 bits per heavy atom. The minimum Gasteiger partial charge on any atom is -0.504 e. The summed E-state index contributed by atoms with van der Waals surface area (Å²) in [6.45, 7) is 4.04. The molecule has 0 bridgehead atoms. The lowest BCUT2D eigenvalue weighted by Crippen LogP contribution is -2.63. The Balaban J connectivity index is 2.48. The van der Waals surface area contributed by atoms with Crippen molar-refractivity contribution in [2.24, 2.45) is 0 Å². The Kier molecular flexibility index (Phi) is 11.9. The van der Waals surface area contributed by atoms with Crippen LogP contribution in [-0.4, -0.2) is 79.2 Å². The highest BCUT2D eigenvalue weighted by Crippen LogP contribution is 2.34. The number of methoxy groups -OCH3 is 1. The van der Waals surface area contributed by atoms with Crippen molar-refractivity contribution in [3.05, 3.63) is 42.2 Å². The summed E-state index contributed by atoms with van der Waals surface area (Å²) in [5.41, 5.74) is 0.199. The van der Waals surface area contributed by atoms with Crippen LogP contribution in [0.2, 0.25) is 0 Å². The number of hydrogen-bond acceptors (Lipinski definition) is 13. The van der Waals surface area contributed by atoms with Gasteiger partial charge in [0.25, 0.3) is 0 Å². The largest absolute Gasteiger partial charge is 0.504 e. The summed E-state index contributed by atoms with van der Waals surface area (Å²) in [7, 11) is 1.37. The fraction of sp³-hybridized carbons (Fsp3) is 0.500. The molecule has 0 spiro atoms. The minimum atomic E-state index is -1.50. The number of esters is 4. The Bertz CT molecular complexity index is 1070. The first-order valence-electron chi connectivity index (χ1n) is 11.9. The summed E-state index contributed by atoms with van der Waals surface area (Å²) in [5.74, 6) is -3.39. The van der Waals surface area contributed by atoms with E-state index in [-0.39, 0.29) is 17.7 Å². The number of allylic oxidation sites excluding steroid dienone is 1. The standard InChI is InChI=1S/C26H32O13/c1-14(27)34-13-22-23(35-15(2)28)24(36-16(3)29)25(37-17(4)30)26(39-22)38-21-9-7-6-8-19(21)20(32)12-18(31)10-11-33-5/h6-11,20,22-26,32H,12-13H2,1-5H3/b11-10+/t20-,22+,23+,24-,25+,26+/m0/s1. The molecular weight excluding hydrogens is 520 g/mol. The highest BCUT2D eigenvalue weighted by molar-refractivity contribution is 5.89. The van der Waals surface area contributed by atoms with Crippen LogP contribution in [0.1, 0.15) is 45.8 Å². The minimum absolute atomic E-state index is 0.0504. The lowest BCUT2D eigenvalue weighted by Gasteiger charge is -2.44. The number of carbonyl (C=O) groups excluding carboxylic acids is 5. The molecule has 0 unspecified atom stereocenters. The zero-order valence-corrected chi connectivity index (χ0v) is 22.2. The molecule has 1 aromatic rings. The average Bonchev–Trinajstić information content (AvgIpc) is 2.84. The second-order valence-corrected chi connectivity index (χ2v) is 8.45. The number of para-hydroxylation sites is 1. The van der Waals surface area contributed by atoms with E-state index in [1.165, 1.54) is 25.5 Å². The normalized spacial score (nSPS) is 23.3. The zero-order chi connectivity index (χ0) is 29.1.